The molecule has 0 bridgehead atoms. The fourth-order valence-corrected chi connectivity index (χ4v) is 5.80. The maximum absolute atomic E-state index is 13.7. The molecule has 8 heteroatoms. The first kappa shape index (κ1) is 24.6. The predicted octanol–water partition coefficient (Wildman–Crippen LogP) is 4.82. The average molecular weight is 510 g/mol. The van der Waals surface area contributed by atoms with E-state index in [4.69, 9.17) is 4.98 Å². The zero-order valence-corrected chi connectivity index (χ0v) is 22.2. The third-order valence-electron chi connectivity index (χ3n) is 7.70. The second-order valence-electron chi connectivity index (χ2n) is 11.2. The number of fused-ring (bicyclic) bond motifs is 1. The monoisotopic (exact) mass is 509 g/mol. The molecule has 4 heterocycles. The Morgan fingerprint density at radius 1 is 1.05 bits per heavy atom. The van der Waals surface area contributed by atoms with Crippen molar-refractivity contribution in [1.82, 2.24) is 24.8 Å². The summed E-state index contributed by atoms with van der Waals surface area (Å²) in [4.78, 5) is 30.1. The predicted molar refractivity (Wildman–Crippen MR) is 152 cm³/mol. The van der Waals surface area contributed by atoms with Crippen LogP contribution >= 0.6 is 0 Å². The molecule has 2 aliphatic rings. The minimum Gasteiger partial charge on any atom is -0.367 e. The van der Waals surface area contributed by atoms with Gasteiger partial charge in [0.15, 0.2) is 0 Å². The van der Waals surface area contributed by atoms with Crippen LogP contribution in [0.25, 0.3) is 11.0 Å². The lowest BCUT2D eigenvalue weighted by Crippen LogP contribution is -2.57. The van der Waals surface area contributed by atoms with Crippen LogP contribution in [0.15, 0.2) is 65.7 Å². The van der Waals surface area contributed by atoms with Crippen LogP contribution in [0.2, 0.25) is 0 Å². The first-order chi connectivity index (χ1) is 18.4. The lowest BCUT2D eigenvalue weighted by Gasteiger charge is -2.40. The van der Waals surface area contributed by atoms with Gasteiger partial charge < -0.3 is 15.5 Å². The highest BCUT2D eigenvalue weighted by atomic mass is 16.1. The van der Waals surface area contributed by atoms with E-state index in [1.165, 1.54) is 0 Å². The van der Waals surface area contributed by atoms with Crippen molar-refractivity contribution >= 4 is 28.5 Å². The van der Waals surface area contributed by atoms with Gasteiger partial charge >= 0.3 is 0 Å². The highest BCUT2D eigenvalue weighted by Crippen LogP contribution is 2.31. The molecule has 3 aromatic heterocycles. The number of benzene rings is 1. The lowest BCUT2D eigenvalue weighted by molar-refractivity contribution is 0.353. The maximum atomic E-state index is 13.7. The molecule has 1 aliphatic carbocycles. The summed E-state index contributed by atoms with van der Waals surface area (Å²) in [6.45, 7) is 7.27. The summed E-state index contributed by atoms with van der Waals surface area (Å²) >= 11 is 0. The highest BCUT2D eigenvalue weighted by Gasteiger charge is 2.26. The van der Waals surface area contributed by atoms with Crippen LogP contribution in [0, 0.1) is 0 Å². The van der Waals surface area contributed by atoms with Gasteiger partial charge in [0.05, 0.1) is 11.9 Å². The molecule has 196 valence electrons. The van der Waals surface area contributed by atoms with Gasteiger partial charge in [-0.05, 0) is 50.5 Å². The van der Waals surface area contributed by atoms with Gasteiger partial charge in [-0.1, -0.05) is 43.2 Å². The van der Waals surface area contributed by atoms with Gasteiger partial charge in [0.25, 0.3) is 5.56 Å². The molecule has 0 spiro atoms. The summed E-state index contributed by atoms with van der Waals surface area (Å²) in [5, 5.41) is 7.69. The van der Waals surface area contributed by atoms with Crippen LogP contribution < -0.4 is 21.1 Å². The fraction of sp³-hybridized carbons (Fsp3) is 0.400. The van der Waals surface area contributed by atoms with Crippen molar-refractivity contribution in [2.75, 3.05) is 29.9 Å². The van der Waals surface area contributed by atoms with Crippen molar-refractivity contribution in [3.8, 4) is 0 Å². The van der Waals surface area contributed by atoms with Crippen LogP contribution in [-0.2, 0) is 6.42 Å². The average Bonchev–Trinajstić information content (AvgIpc) is 3.44. The topological polar surface area (TPSA) is 88.0 Å². The van der Waals surface area contributed by atoms with Crippen LogP contribution in [0.4, 0.5) is 17.5 Å². The molecule has 2 N–H and O–H groups in total. The van der Waals surface area contributed by atoms with Gasteiger partial charge in [-0.25, -0.2) is 9.97 Å². The summed E-state index contributed by atoms with van der Waals surface area (Å²) in [6.07, 6.45) is 8.60. The van der Waals surface area contributed by atoms with Gasteiger partial charge in [-0.15, -0.1) is 0 Å². The third kappa shape index (κ3) is 5.13. The zero-order chi connectivity index (χ0) is 26.1. The number of aromatic nitrogens is 4. The van der Waals surface area contributed by atoms with Crippen molar-refractivity contribution < 1.29 is 0 Å². The number of piperazine rings is 1. The number of pyridine rings is 2. The minimum absolute atomic E-state index is 0.0549. The highest BCUT2D eigenvalue weighted by molar-refractivity contribution is 5.77. The summed E-state index contributed by atoms with van der Waals surface area (Å²) in [6, 6.07) is 16.3. The van der Waals surface area contributed by atoms with Crippen molar-refractivity contribution in [3.05, 3.63) is 82.4 Å². The summed E-state index contributed by atoms with van der Waals surface area (Å²) in [7, 11) is 0. The Balaban J connectivity index is 1.30. The number of rotatable bonds is 6. The molecule has 1 aromatic carbocycles. The Morgan fingerprint density at radius 2 is 1.87 bits per heavy atom. The van der Waals surface area contributed by atoms with E-state index < -0.39 is 0 Å². The molecule has 0 unspecified atom stereocenters. The number of nitrogens with one attached hydrogen (secondary N) is 2. The van der Waals surface area contributed by atoms with Crippen molar-refractivity contribution in [2.45, 2.75) is 57.5 Å². The lowest BCUT2D eigenvalue weighted by atomic mass is 10.0. The first-order valence-corrected chi connectivity index (χ1v) is 13.6. The van der Waals surface area contributed by atoms with Crippen LogP contribution in [0.5, 0.6) is 0 Å². The molecule has 38 heavy (non-hydrogen) atoms. The molecule has 1 aliphatic heterocycles. The van der Waals surface area contributed by atoms with E-state index in [0.29, 0.717) is 23.8 Å². The van der Waals surface area contributed by atoms with E-state index in [9.17, 15) is 4.79 Å². The molecular formula is C30H35N7O. The minimum atomic E-state index is 0.0549. The van der Waals surface area contributed by atoms with Gasteiger partial charge in [0, 0.05) is 54.8 Å². The van der Waals surface area contributed by atoms with Gasteiger partial charge in [-0.2, -0.15) is 4.98 Å². The molecule has 0 amide bonds. The van der Waals surface area contributed by atoms with E-state index in [1.807, 2.05) is 47.3 Å². The number of hydrogen-bond donors (Lipinski definition) is 2. The molecule has 1 saturated heterocycles. The third-order valence-corrected chi connectivity index (χ3v) is 7.70. The zero-order valence-electron chi connectivity index (χ0n) is 22.2. The molecule has 1 saturated carbocycles. The summed E-state index contributed by atoms with van der Waals surface area (Å²) in [5.41, 5.74) is 3.83. The second-order valence-corrected chi connectivity index (χ2v) is 11.2. The molecule has 0 atom stereocenters. The van der Waals surface area contributed by atoms with E-state index in [-0.39, 0.29) is 17.1 Å². The van der Waals surface area contributed by atoms with Crippen LogP contribution in [-0.4, -0.2) is 44.7 Å². The normalized spacial score (nSPS) is 17.7. The Hall–Kier alpha value is -3.78. The van der Waals surface area contributed by atoms with Gasteiger partial charge in [0.2, 0.25) is 5.95 Å². The Bertz CT molecular complexity index is 1470. The van der Waals surface area contributed by atoms with E-state index in [2.05, 4.69) is 57.5 Å². The standard InChI is InChI=1S/C30H35N7O/c1-30(2)20-36(15-14-33-30)25-12-13-26(31-19-25)34-29-32-18-23-17-22(16-21-8-4-3-5-9-21)28(38)37(27(23)35-29)24-10-6-7-11-24/h3-5,8-9,12-13,17-19,24,33H,6-7,10-11,14-16,20H2,1-2H3,(H,31,32,34,35). The number of nitrogens with zero attached hydrogens (tertiary/aromatic N) is 5. The first-order valence-electron chi connectivity index (χ1n) is 13.6. The summed E-state index contributed by atoms with van der Waals surface area (Å²) in [5.74, 6) is 1.13. The largest absolute Gasteiger partial charge is 0.367 e. The van der Waals surface area contributed by atoms with Gasteiger partial charge in [-0.3, -0.25) is 9.36 Å². The molecule has 6 rings (SSSR count). The van der Waals surface area contributed by atoms with Gasteiger partial charge in [0.1, 0.15) is 11.5 Å². The SMILES string of the molecule is CC1(C)CN(c2ccc(Nc3ncc4cc(Cc5ccccc5)c(=O)n(C5CCCC5)c4n3)nc2)CCN1. The molecule has 4 aromatic rings. The van der Waals surface area contributed by atoms with Crippen LogP contribution in [0.1, 0.15) is 56.7 Å². The van der Waals surface area contributed by atoms with Crippen molar-refractivity contribution in [3.63, 3.8) is 0 Å². The van der Waals surface area contributed by atoms with Crippen molar-refractivity contribution in [1.29, 1.82) is 0 Å². The number of anilines is 3. The number of hydrogen-bond acceptors (Lipinski definition) is 7. The quantitative estimate of drug-likeness (QED) is 0.385. The Morgan fingerprint density at radius 3 is 2.61 bits per heavy atom. The molecular weight excluding hydrogens is 474 g/mol. The fourth-order valence-electron chi connectivity index (χ4n) is 5.80. The second kappa shape index (κ2) is 10.2. The molecule has 2 fully saturated rings. The van der Waals surface area contributed by atoms with E-state index in [1.54, 1.807) is 0 Å². The van der Waals surface area contributed by atoms with E-state index >= 15 is 0 Å². The Kier molecular flexibility index (Phi) is 6.57. The molecule has 0 radical (unpaired) electrons. The van der Waals surface area contributed by atoms with Crippen molar-refractivity contribution in [2.24, 2.45) is 0 Å². The molecule has 8 nitrogen and oxygen atoms in total. The van der Waals surface area contributed by atoms with Crippen LogP contribution in [0.3, 0.4) is 0 Å². The summed E-state index contributed by atoms with van der Waals surface area (Å²) < 4.78 is 1.93. The smallest absolute Gasteiger partial charge is 0.256 e. The Labute approximate surface area is 223 Å². The van der Waals surface area contributed by atoms with E-state index in [0.717, 1.165) is 67.5 Å². The maximum Gasteiger partial charge on any atom is 0.256 e.